The average Bonchev–Trinajstić information content (AvgIpc) is 3.47. The van der Waals surface area contributed by atoms with E-state index < -0.39 is 10.0 Å². The van der Waals surface area contributed by atoms with Crippen LogP contribution in [0.5, 0.6) is 5.75 Å². The van der Waals surface area contributed by atoms with Gasteiger partial charge in [-0.25, -0.2) is 8.42 Å². The van der Waals surface area contributed by atoms with Crippen LogP contribution in [0, 0.1) is 11.8 Å². The van der Waals surface area contributed by atoms with Crippen LogP contribution in [0.1, 0.15) is 37.0 Å². The number of nitrogens with one attached hydrogen (secondary N) is 1. The molecule has 8 nitrogen and oxygen atoms in total. The molecule has 0 aromatic heterocycles. The predicted molar refractivity (Wildman–Crippen MR) is 116 cm³/mol. The number of anilines is 1. The van der Waals surface area contributed by atoms with Gasteiger partial charge in [-0.1, -0.05) is 6.92 Å². The van der Waals surface area contributed by atoms with Crippen molar-refractivity contribution in [1.82, 2.24) is 9.80 Å². The van der Waals surface area contributed by atoms with E-state index in [0.29, 0.717) is 23.5 Å². The molecule has 3 rings (SSSR count). The van der Waals surface area contributed by atoms with E-state index in [0.717, 1.165) is 25.3 Å². The smallest absolute Gasteiger partial charge is 0.258 e. The Morgan fingerprint density at radius 3 is 2.63 bits per heavy atom. The van der Waals surface area contributed by atoms with E-state index in [1.165, 1.54) is 18.9 Å². The first kappa shape index (κ1) is 22.8. The van der Waals surface area contributed by atoms with Crippen LogP contribution >= 0.6 is 0 Å². The molecule has 9 heteroatoms. The second kappa shape index (κ2) is 9.11. The summed E-state index contributed by atoms with van der Waals surface area (Å²) in [4.78, 5) is 17.2. The zero-order chi connectivity index (χ0) is 22.1. The van der Waals surface area contributed by atoms with Gasteiger partial charge in [0.15, 0.2) is 0 Å². The molecule has 1 saturated carbocycles. The van der Waals surface area contributed by atoms with Gasteiger partial charge in [-0.15, -0.1) is 0 Å². The summed E-state index contributed by atoms with van der Waals surface area (Å²) in [6.45, 7) is 5.93. The lowest BCUT2D eigenvalue weighted by Crippen LogP contribution is -2.50. The number of fused-ring (bicyclic) bond motifs is 1. The van der Waals surface area contributed by atoms with Crippen molar-refractivity contribution in [3.8, 4) is 5.75 Å². The lowest BCUT2D eigenvalue weighted by molar-refractivity contribution is 0.0344. The maximum atomic E-state index is 13.3. The molecule has 2 aliphatic rings. The zero-order valence-electron chi connectivity index (χ0n) is 18.2. The van der Waals surface area contributed by atoms with Crippen LogP contribution in [0.4, 0.5) is 5.69 Å². The van der Waals surface area contributed by atoms with Crippen LogP contribution in [0.2, 0.25) is 0 Å². The maximum Gasteiger partial charge on any atom is 0.258 e. The highest BCUT2D eigenvalue weighted by atomic mass is 32.2. The predicted octanol–water partition coefficient (Wildman–Crippen LogP) is 1.62. The van der Waals surface area contributed by atoms with Gasteiger partial charge in [-0.05, 0) is 50.9 Å². The van der Waals surface area contributed by atoms with Crippen LogP contribution in [-0.2, 0) is 10.0 Å². The van der Waals surface area contributed by atoms with Gasteiger partial charge in [0.2, 0.25) is 10.0 Å². The molecular weight excluding hydrogens is 406 g/mol. The molecule has 0 bridgehead atoms. The molecular formula is C21H33N3O5S. The first-order chi connectivity index (χ1) is 14.1. The molecule has 0 spiro atoms. The fourth-order valence-electron chi connectivity index (χ4n) is 3.84. The summed E-state index contributed by atoms with van der Waals surface area (Å²) in [5.41, 5.74) is 0.603. The van der Waals surface area contributed by atoms with Crippen LogP contribution in [-0.4, -0.2) is 80.9 Å². The molecule has 1 heterocycles. The average molecular weight is 440 g/mol. The fourth-order valence-corrected chi connectivity index (χ4v) is 4.40. The number of amides is 1. The molecule has 30 heavy (non-hydrogen) atoms. The lowest BCUT2D eigenvalue weighted by Gasteiger charge is -2.38. The van der Waals surface area contributed by atoms with Gasteiger partial charge in [-0.3, -0.25) is 9.52 Å². The SMILES string of the molecule is C[C@@H]1CN([C@@H](C)CO)C(=O)c2cc(NS(C)(=O)=O)ccc2O[C@H]1CN(C)CC1CC1. The third kappa shape index (κ3) is 5.86. The minimum absolute atomic E-state index is 0.0616. The fraction of sp³-hybridized carbons (Fsp3) is 0.667. The van der Waals surface area contributed by atoms with Crippen molar-refractivity contribution in [3.63, 3.8) is 0 Å². The molecule has 168 valence electrons. The summed E-state index contributed by atoms with van der Waals surface area (Å²) >= 11 is 0. The van der Waals surface area contributed by atoms with E-state index in [1.807, 2.05) is 0 Å². The van der Waals surface area contributed by atoms with Gasteiger partial charge in [0.05, 0.1) is 24.5 Å². The lowest BCUT2D eigenvalue weighted by atomic mass is 9.99. The standard InChI is InChI=1S/C21H33N3O5S/c1-14-10-24(15(2)13-25)21(26)18-9-17(22-30(4,27)28)7-8-19(18)29-20(14)12-23(3)11-16-5-6-16/h7-9,14-16,20,22,25H,5-6,10-13H2,1-4H3/t14-,15+,20+/m1/s1. The van der Waals surface area contributed by atoms with Crippen LogP contribution < -0.4 is 9.46 Å². The number of ether oxygens (including phenoxy) is 1. The number of carbonyl (C=O) groups excluding carboxylic acids is 1. The number of nitrogens with zero attached hydrogens (tertiary/aromatic N) is 2. The Kier molecular flexibility index (Phi) is 6.94. The Bertz CT molecular complexity index is 871. The van der Waals surface area contributed by atoms with E-state index in [4.69, 9.17) is 4.74 Å². The topological polar surface area (TPSA) is 99.2 Å². The molecule has 2 N–H and O–H groups in total. The Balaban J connectivity index is 1.93. The van der Waals surface area contributed by atoms with E-state index in [2.05, 4.69) is 23.6 Å². The summed E-state index contributed by atoms with van der Waals surface area (Å²) in [5.74, 6) is 0.987. The summed E-state index contributed by atoms with van der Waals surface area (Å²) in [5, 5.41) is 9.70. The maximum absolute atomic E-state index is 13.3. The Labute approximate surface area is 179 Å². The van der Waals surface area contributed by atoms with Gasteiger partial charge in [0.1, 0.15) is 11.9 Å². The highest BCUT2D eigenvalue weighted by Crippen LogP contribution is 2.32. The van der Waals surface area contributed by atoms with Crippen LogP contribution in [0.3, 0.4) is 0 Å². The first-order valence-electron chi connectivity index (χ1n) is 10.5. The molecule has 1 aliphatic heterocycles. The van der Waals surface area contributed by atoms with E-state index in [1.54, 1.807) is 24.0 Å². The van der Waals surface area contributed by atoms with Crippen molar-refractivity contribution in [3.05, 3.63) is 23.8 Å². The highest BCUT2D eigenvalue weighted by molar-refractivity contribution is 7.92. The molecule has 1 fully saturated rings. The monoisotopic (exact) mass is 439 g/mol. The number of hydrogen-bond donors (Lipinski definition) is 2. The summed E-state index contributed by atoms with van der Waals surface area (Å²) in [6.07, 6.45) is 3.49. The summed E-state index contributed by atoms with van der Waals surface area (Å²) in [6, 6.07) is 4.40. The molecule has 1 aromatic carbocycles. The highest BCUT2D eigenvalue weighted by Gasteiger charge is 2.34. The molecule has 3 atom stereocenters. The van der Waals surface area contributed by atoms with Gasteiger partial charge in [0.25, 0.3) is 5.91 Å². The third-order valence-electron chi connectivity index (χ3n) is 5.73. The first-order valence-corrected chi connectivity index (χ1v) is 12.4. The molecule has 0 saturated heterocycles. The van der Waals surface area contributed by atoms with Crippen molar-refractivity contribution in [2.45, 2.75) is 38.8 Å². The second-order valence-electron chi connectivity index (χ2n) is 8.87. The summed E-state index contributed by atoms with van der Waals surface area (Å²) < 4.78 is 32.0. The number of hydrogen-bond acceptors (Lipinski definition) is 6. The van der Waals surface area contributed by atoms with E-state index in [9.17, 15) is 18.3 Å². The number of benzene rings is 1. The molecule has 1 aromatic rings. The number of sulfonamides is 1. The number of aliphatic hydroxyl groups excluding tert-OH is 1. The minimum atomic E-state index is -3.48. The minimum Gasteiger partial charge on any atom is -0.488 e. The Morgan fingerprint density at radius 1 is 1.33 bits per heavy atom. The van der Waals surface area contributed by atoms with Crippen molar-refractivity contribution in [2.24, 2.45) is 11.8 Å². The van der Waals surface area contributed by atoms with Crippen molar-refractivity contribution >= 4 is 21.6 Å². The van der Waals surface area contributed by atoms with E-state index >= 15 is 0 Å². The van der Waals surface area contributed by atoms with Gasteiger partial charge in [-0.2, -0.15) is 0 Å². The van der Waals surface area contributed by atoms with Crippen molar-refractivity contribution < 1.29 is 23.1 Å². The normalized spacial score (nSPS) is 23.4. The van der Waals surface area contributed by atoms with E-state index in [-0.39, 0.29) is 30.6 Å². The number of rotatable bonds is 8. The Hall–Kier alpha value is -1.84. The molecule has 1 amide bonds. The number of carbonyl (C=O) groups is 1. The van der Waals surface area contributed by atoms with Crippen LogP contribution in [0.25, 0.3) is 0 Å². The Morgan fingerprint density at radius 2 is 2.03 bits per heavy atom. The van der Waals surface area contributed by atoms with Gasteiger partial charge in [0, 0.05) is 31.2 Å². The number of aliphatic hydroxyl groups is 1. The quantitative estimate of drug-likeness (QED) is 0.639. The molecule has 0 radical (unpaired) electrons. The third-order valence-corrected chi connectivity index (χ3v) is 6.33. The largest absolute Gasteiger partial charge is 0.488 e. The summed E-state index contributed by atoms with van der Waals surface area (Å²) in [7, 11) is -1.39. The molecule has 1 aliphatic carbocycles. The van der Waals surface area contributed by atoms with Crippen LogP contribution in [0.15, 0.2) is 18.2 Å². The zero-order valence-corrected chi connectivity index (χ0v) is 19.0. The molecule has 0 unspecified atom stereocenters. The van der Waals surface area contributed by atoms with Gasteiger partial charge >= 0.3 is 0 Å². The second-order valence-corrected chi connectivity index (χ2v) is 10.6. The van der Waals surface area contributed by atoms with Crippen molar-refractivity contribution in [2.75, 3.05) is 44.3 Å². The van der Waals surface area contributed by atoms with Crippen molar-refractivity contribution in [1.29, 1.82) is 0 Å². The number of likely N-dealkylation sites (N-methyl/N-ethyl adjacent to an activating group) is 1. The van der Waals surface area contributed by atoms with Gasteiger partial charge < -0.3 is 19.6 Å².